The first-order chi connectivity index (χ1) is 14.5. The molecule has 31 heavy (non-hydrogen) atoms. The standard InChI is InChI=1S/C24H41N3O3.ClH/c1-4-5-6-7-8-9-10-13-17-25-23(28)22-16-12-11-15-21(22)20-30-24(29)26-18-14-19-27(2)3;/h11-12,15-16H,4-10,13-14,17-20H2,1-3H3,(H,25,28)(H,26,29);1H. The minimum absolute atomic E-state index is 0. The van der Waals surface area contributed by atoms with E-state index in [1.807, 2.05) is 32.3 Å². The topological polar surface area (TPSA) is 70.7 Å². The van der Waals surface area contributed by atoms with Gasteiger partial charge < -0.3 is 20.3 Å². The molecule has 0 aliphatic rings. The Bertz CT molecular complexity index is 611. The molecule has 1 rings (SSSR count). The first kappa shape index (κ1) is 29.2. The van der Waals surface area contributed by atoms with Crippen LogP contribution in [0.2, 0.25) is 0 Å². The van der Waals surface area contributed by atoms with E-state index in [4.69, 9.17) is 4.74 Å². The van der Waals surface area contributed by atoms with Crippen molar-refractivity contribution in [3.8, 4) is 0 Å². The van der Waals surface area contributed by atoms with Gasteiger partial charge in [0.15, 0.2) is 0 Å². The van der Waals surface area contributed by atoms with Gasteiger partial charge in [-0.1, -0.05) is 70.1 Å². The van der Waals surface area contributed by atoms with Crippen LogP contribution in [0.4, 0.5) is 4.79 Å². The van der Waals surface area contributed by atoms with Crippen molar-refractivity contribution in [1.82, 2.24) is 15.5 Å². The number of halogens is 1. The highest BCUT2D eigenvalue weighted by Gasteiger charge is 2.12. The molecule has 0 aliphatic carbocycles. The van der Waals surface area contributed by atoms with Gasteiger partial charge in [-0.05, 0) is 39.5 Å². The average molecular weight is 456 g/mol. The van der Waals surface area contributed by atoms with Gasteiger partial charge in [0.2, 0.25) is 0 Å². The van der Waals surface area contributed by atoms with Gasteiger partial charge in [-0.2, -0.15) is 0 Å². The zero-order valence-electron chi connectivity index (χ0n) is 19.6. The van der Waals surface area contributed by atoms with Crippen molar-refractivity contribution in [1.29, 1.82) is 0 Å². The van der Waals surface area contributed by atoms with Gasteiger partial charge in [0.1, 0.15) is 6.61 Å². The minimum atomic E-state index is -0.456. The Kier molecular flexibility index (Phi) is 17.8. The molecular weight excluding hydrogens is 414 g/mol. The Morgan fingerprint density at radius 1 is 0.871 bits per heavy atom. The summed E-state index contributed by atoms with van der Waals surface area (Å²) in [7, 11) is 3.99. The SMILES string of the molecule is CCCCCCCCCCNC(=O)c1ccccc1COC(=O)NCCCN(C)C.Cl. The zero-order valence-corrected chi connectivity index (χ0v) is 20.4. The molecule has 0 aromatic heterocycles. The normalized spacial score (nSPS) is 10.5. The largest absolute Gasteiger partial charge is 0.445 e. The molecule has 0 aliphatic heterocycles. The third kappa shape index (κ3) is 14.8. The van der Waals surface area contributed by atoms with Crippen LogP contribution in [-0.4, -0.2) is 50.6 Å². The summed E-state index contributed by atoms with van der Waals surface area (Å²) < 4.78 is 5.28. The molecule has 0 saturated carbocycles. The lowest BCUT2D eigenvalue weighted by Crippen LogP contribution is -2.28. The molecule has 1 aromatic rings. The third-order valence-electron chi connectivity index (χ3n) is 4.99. The van der Waals surface area contributed by atoms with Gasteiger partial charge in [0, 0.05) is 24.2 Å². The lowest BCUT2D eigenvalue weighted by molar-refractivity contribution is 0.0946. The fraction of sp³-hybridized carbons (Fsp3) is 0.667. The Labute approximate surface area is 194 Å². The number of carbonyl (C=O) groups is 2. The fourth-order valence-corrected chi connectivity index (χ4v) is 3.20. The van der Waals surface area contributed by atoms with Crippen LogP contribution in [0.5, 0.6) is 0 Å². The molecule has 178 valence electrons. The summed E-state index contributed by atoms with van der Waals surface area (Å²) in [6.07, 6.45) is 10.3. The second-order valence-electron chi connectivity index (χ2n) is 8.05. The number of rotatable bonds is 16. The maximum Gasteiger partial charge on any atom is 0.407 e. The van der Waals surface area contributed by atoms with Crippen molar-refractivity contribution >= 4 is 24.4 Å². The lowest BCUT2D eigenvalue weighted by atomic mass is 10.1. The van der Waals surface area contributed by atoms with Crippen molar-refractivity contribution in [2.24, 2.45) is 0 Å². The van der Waals surface area contributed by atoms with Crippen LogP contribution < -0.4 is 10.6 Å². The molecule has 0 radical (unpaired) electrons. The molecule has 2 amide bonds. The number of unbranched alkanes of at least 4 members (excludes halogenated alkanes) is 7. The van der Waals surface area contributed by atoms with Crippen LogP contribution in [0.3, 0.4) is 0 Å². The number of hydrogen-bond acceptors (Lipinski definition) is 4. The molecule has 2 N–H and O–H groups in total. The Hall–Kier alpha value is -1.79. The van der Waals surface area contributed by atoms with Gasteiger partial charge in [-0.3, -0.25) is 4.79 Å². The number of benzene rings is 1. The van der Waals surface area contributed by atoms with Crippen LogP contribution in [0.1, 0.15) is 80.6 Å². The maximum absolute atomic E-state index is 12.5. The first-order valence-corrected chi connectivity index (χ1v) is 11.5. The Balaban J connectivity index is 0.00000900. The molecule has 0 fully saturated rings. The van der Waals surface area contributed by atoms with Gasteiger partial charge in [0.05, 0.1) is 0 Å². The summed E-state index contributed by atoms with van der Waals surface area (Å²) in [6.45, 7) is 4.46. The summed E-state index contributed by atoms with van der Waals surface area (Å²) in [5.41, 5.74) is 1.28. The minimum Gasteiger partial charge on any atom is -0.445 e. The van der Waals surface area contributed by atoms with Crippen molar-refractivity contribution in [3.63, 3.8) is 0 Å². The Morgan fingerprint density at radius 3 is 2.16 bits per heavy atom. The second-order valence-corrected chi connectivity index (χ2v) is 8.05. The number of nitrogens with zero attached hydrogens (tertiary/aromatic N) is 1. The van der Waals surface area contributed by atoms with E-state index in [2.05, 4.69) is 22.5 Å². The van der Waals surface area contributed by atoms with Crippen LogP contribution in [0.25, 0.3) is 0 Å². The lowest BCUT2D eigenvalue weighted by Gasteiger charge is -2.12. The highest BCUT2D eigenvalue weighted by molar-refractivity contribution is 5.95. The molecule has 6 nitrogen and oxygen atoms in total. The summed E-state index contributed by atoms with van der Waals surface area (Å²) >= 11 is 0. The number of alkyl carbamates (subject to hydrolysis) is 1. The van der Waals surface area contributed by atoms with E-state index in [-0.39, 0.29) is 24.9 Å². The first-order valence-electron chi connectivity index (χ1n) is 11.5. The maximum atomic E-state index is 12.5. The van der Waals surface area contributed by atoms with E-state index in [9.17, 15) is 9.59 Å². The van der Waals surface area contributed by atoms with E-state index < -0.39 is 6.09 Å². The highest BCUT2D eigenvalue weighted by atomic mass is 35.5. The summed E-state index contributed by atoms with van der Waals surface area (Å²) in [5, 5.41) is 5.73. The van der Waals surface area contributed by atoms with Gasteiger partial charge in [0.25, 0.3) is 5.91 Å². The number of ether oxygens (including phenoxy) is 1. The van der Waals surface area contributed by atoms with Crippen molar-refractivity contribution in [2.75, 3.05) is 33.7 Å². The average Bonchev–Trinajstić information content (AvgIpc) is 2.74. The summed E-state index contributed by atoms with van der Waals surface area (Å²) in [5.74, 6) is -0.108. The molecule has 0 spiro atoms. The summed E-state index contributed by atoms with van der Waals surface area (Å²) in [4.78, 5) is 26.4. The van der Waals surface area contributed by atoms with Crippen LogP contribution in [0, 0.1) is 0 Å². The number of hydrogen-bond donors (Lipinski definition) is 2. The van der Waals surface area contributed by atoms with Crippen LogP contribution in [0.15, 0.2) is 24.3 Å². The van der Waals surface area contributed by atoms with Crippen molar-refractivity contribution in [3.05, 3.63) is 35.4 Å². The van der Waals surface area contributed by atoms with E-state index in [1.54, 1.807) is 6.07 Å². The van der Waals surface area contributed by atoms with E-state index >= 15 is 0 Å². The molecule has 0 heterocycles. The quantitative estimate of drug-likeness (QED) is 0.338. The number of amides is 2. The van der Waals surface area contributed by atoms with E-state index in [0.29, 0.717) is 18.7 Å². The van der Waals surface area contributed by atoms with Crippen molar-refractivity contribution in [2.45, 2.75) is 71.3 Å². The molecule has 0 bridgehead atoms. The van der Waals surface area contributed by atoms with Crippen molar-refractivity contribution < 1.29 is 14.3 Å². The highest BCUT2D eigenvalue weighted by Crippen LogP contribution is 2.11. The van der Waals surface area contributed by atoms with Gasteiger partial charge in [-0.25, -0.2) is 4.79 Å². The second kappa shape index (κ2) is 18.9. The predicted molar refractivity (Wildman–Crippen MR) is 130 cm³/mol. The third-order valence-corrected chi connectivity index (χ3v) is 4.99. The molecule has 0 saturated heterocycles. The van der Waals surface area contributed by atoms with Crippen LogP contribution >= 0.6 is 12.4 Å². The fourth-order valence-electron chi connectivity index (χ4n) is 3.20. The monoisotopic (exact) mass is 455 g/mol. The van der Waals surface area contributed by atoms with E-state index in [1.165, 1.54) is 38.5 Å². The molecule has 1 aromatic carbocycles. The van der Waals surface area contributed by atoms with Crippen LogP contribution in [-0.2, 0) is 11.3 Å². The van der Waals surface area contributed by atoms with E-state index in [0.717, 1.165) is 31.4 Å². The molecule has 0 atom stereocenters. The predicted octanol–water partition coefficient (Wildman–Crippen LogP) is 5.16. The molecular formula is C24H42ClN3O3. The Morgan fingerprint density at radius 2 is 1.48 bits per heavy atom. The molecule has 7 heteroatoms. The smallest absolute Gasteiger partial charge is 0.407 e. The number of nitrogens with one attached hydrogen (secondary N) is 2. The van der Waals surface area contributed by atoms with Gasteiger partial charge in [-0.15, -0.1) is 12.4 Å². The number of carbonyl (C=O) groups excluding carboxylic acids is 2. The zero-order chi connectivity index (χ0) is 22.0. The molecule has 0 unspecified atom stereocenters. The van der Waals surface area contributed by atoms with Gasteiger partial charge >= 0.3 is 6.09 Å². The summed E-state index contributed by atoms with van der Waals surface area (Å²) in [6, 6.07) is 7.28.